The van der Waals surface area contributed by atoms with Crippen molar-refractivity contribution in [3.05, 3.63) is 0 Å². The highest BCUT2D eigenvalue weighted by Gasteiger charge is 2.26. The van der Waals surface area contributed by atoms with Crippen LogP contribution in [0, 0.1) is 22.7 Å². The first kappa shape index (κ1) is 11.0. The Morgan fingerprint density at radius 2 is 2.08 bits per heavy atom. The largest absolute Gasteiger partial charge is 0.469 e. The summed E-state index contributed by atoms with van der Waals surface area (Å²) < 4.78 is 4.49. The van der Waals surface area contributed by atoms with Crippen LogP contribution in [0.3, 0.4) is 0 Å². The SMILES string of the molecule is COC(=O)C[C@@H](C#N)C(C)(C)C. The van der Waals surface area contributed by atoms with E-state index in [1.807, 2.05) is 20.8 Å². The molecule has 12 heavy (non-hydrogen) atoms. The lowest BCUT2D eigenvalue weighted by Gasteiger charge is -2.23. The van der Waals surface area contributed by atoms with E-state index >= 15 is 0 Å². The predicted molar refractivity (Wildman–Crippen MR) is 45.2 cm³/mol. The molecule has 0 aliphatic heterocycles. The van der Waals surface area contributed by atoms with Gasteiger partial charge in [0.2, 0.25) is 0 Å². The Bertz CT molecular complexity index is 198. The number of hydrogen-bond donors (Lipinski definition) is 0. The standard InChI is InChI=1S/C9H15NO2/c1-9(2,3)7(6-10)5-8(11)12-4/h7H,5H2,1-4H3/t7-/m0/s1. The van der Waals surface area contributed by atoms with Crippen molar-refractivity contribution in [1.82, 2.24) is 0 Å². The topological polar surface area (TPSA) is 50.1 Å². The van der Waals surface area contributed by atoms with Crippen LogP contribution in [0.2, 0.25) is 0 Å². The van der Waals surface area contributed by atoms with E-state index < -0.39 is 0 Å². The van der Waals surface area contributed by atoms with Crippen molar-refractivity contribution in [2.24, 2.45) is 11.3 Å². The fourth-order valence-corrected chi connectivity index (χ4v) is 0.795. The lowest BCUT2D eigenvalue weighted by molar-refractivity contribution is -0.142. The summed E-state index contributed by atoms with van der Waals surface area (Å²) >= 11 is 0. The van der Waals surface area contributed by atoms with E-state index in [0.29, 0.717) is 0 Å². The number of carbonyl (C=O) groups is 1. The third-order valence-corrected chi connectivity index (χ3v) is 1.80. The third-order valence-electron chi connectivity index (χ3n) is 1.80. The number of ether oxygens (including phenoxy) is 1. The van der Waals surface area contributed by atoms with Crippen molar-refractivity contribution in [3.63, 3.8) is 0 Å². The molecule has 68 valence electrons. The summed E-state index contributed by atoms with van der Waals surface area (Å²) in [5.41, 5.74) is -0.164. The van der Waals surface area contributed by atoms with Gasteiger partial charge in [-0.15, -0.1) is 0 Å². The molecule has 0 amide bonds. The van der Waals surface area contributed by atoms with Crippen LogP contribution in [-0.2, 0) is 9.53 Å². The van der Waals surface area contributed by atoms with Gasteiger partial charge in [-0.3, -0.25) is 4.79 Å². The molecule has 0 N–H and O–H groups in total. The fraction of sp³-hybridized carbons (Fsp3) is 0.778. The number of rotatable bonds is 2. The highest BCUT2D eigenvalue weighted by Crippen LogP contribution is 2.27. The first-order chi connectivity index (χ1) is 5.41. The number of nitriles is 1. The summed E-state index contributed by atoms with van der Waals surface area (Å²) in [6, 6.07) is 2.11. The molecule has 0 aromatic rings. The van der Waals surface area contributed by atoms with Crippen molar-refractivity contribution in [3.8, 4) is 6.07 Å². The molecule has 0 aromatic carbocycles. The van der Waals surface area contributed by atoms with Crippen molar-refractivity contribution in [1.29, 1.82) is 5.26 Å². The van der Waals surface area contributed by atoms with Crippen LogP contribution in [-0.4, -0.2) is 13.1 Å². The van der Waals surface area contributed by atoms with Gasteiger partial charge in [0.15, 0.2) is 0 Å². The summed E-state index contributed by atoms with van der Waals surface area (Å²) in [6.45, 7) is 5.80. The average Bonchev–Trinajstić information content (AvgIpc) is 1.97. The van der Waals surface area contributed by atoms with E-state index in [9.17, 15) is 4.79 Å². The van der Waals surface area contributed by atoms with Crippen molar-refractivity contribution in [2.75, 3.05) is 7.11 Å². The maximum atomic E-state index is 10.9. The normalized spacial score (nSPS) is 13.2. The molecule has 0 aromatic heterocycles. The van der Waals surface area contributed by atoms with Gasteiger partial charge in [-0.05, 0) is 5.41 Å². The molecule has 3 nitrogen and oxygen atoms in total. The van der Waals surface area contributed by atoms with Crippen LogP contribution in [0.25, 0.3) is 0 Å². The smallest absolute Gasteiger partial charge is 0.306 e. The minimum Gasteiger partial charge on any atom is -0.469 e. The molecule has 0 aliphatic rings. The summed E-state index contributed by atoms with van der Waals surface area (Å²) in [4.78, 5) is 10.9. The molecule has 1 atom stereocenters. The lowest BCUT2D eigenvalue weighted by atomic mass is 9.80. The van der Waals surface area contributed by atoms with E-state index in [1.54, 1.807) is 0 Å². The lowest BCUT2D eigenvalue weighted by Crippen LogP contribution is -2.22. The van der Waals surface area contributed by atoms with Crippen molar-refractivity contribution in [2.45, 2.75) is 27.2 Å². The molecule has 0 saturated heterocycles. The molecule has 0 aliphatic carbocycles. The number of methoxy groups -OCH3 is 1. The zero-order valence-corrected chi connectivity index (χ0v) is 8.05. The second kappa shape index (κ2) is 4.10. The van der Waals surface area contributed by atoms with Crippen LogP contribution >= 0.6 is 0 Å². The first-order valence-corrected chi connectivity index (χ1v) is 3.88. The Morgan fingerprint density at radius 3 is 2.33 bits per heavy atom. The Hall–Kier alpha value is -1.04. The van der Waals surface area contributed by atoms with Crippen molar-refractivity contribution >= 4 is 5.97 Å². The van der Waals surface area contributed by atoms with Gasteiger partial charge in [0.25, 0.3) is 0 Å². The van der Waals surface area contributed by atoms with E-state index in [2.05, 4.69) is 10.8 Å². The quantitative estimate of drug-likeness (QED) is 0.591. The minimum atomic E-state index is -0.323. The zero-order valence-electron chi connectivity index (χ0n) is 8.05. The molecule has 0 radical (unpaired) electrons. The van der Waals surface area contributed by atoms with Gasteiger partial charge in [-0.2, -0.15) is 5.26 Å². The second-order valence-electron chi connectivity index (χ2n) is 3.83. The van der Waals surface area contributed by atoms with Crippen LogP contribution in [0.1, 0.15) is 27.2 Å². The minimum absolute atomic E-state index is 0.164. The first-order valence-electron chi connectivity index (χ1n) is 3.88. The van der Waals surface area contributed by atoms with E-state index in [-0.39, 0.29) is 23.7 Å². The Morgan fingerprint density at radius 1 is 1.58 bits per heavy atom. The second-order valence-corrected chi connectivity index (χ2v) is 3.83. The van der Waals surface area contributed by atoms with Crippen LogP contribution < -0.4 is 0 Å². The third kappa shape index (κ3) is 3.38. The zero-order chi connectivity index (χ0) is 9.78. The number of esters is 1. The van der Waals surface area contributed by atoms with Crippen LogP contribution in [0.5, 0.6) is 0 Å². The molecule has 0 spiro atoms. The molecule has 0 unspecified atom stereocenters. The predicted octanol–water partition coefficient (Wildman–Crippen LogP) is 1.74. The number of carbonyl (C=O) groups excluding carboxylic acids is 1. The van der Waals surface area contributed by atoms with Gasteiger partial charge in [0, 0.05) is 0 Å². The van der Waals surface area contributed by atoms with Gasteiger partial charge < -0.3 is 4.74 Å². The summed E-state index contributed by atoms with van der Waals surface area (Å²) in [6.07, 6.45) is 0.177. The maximum absolute atomic E-state index is 10.9. The molecular weight excluding hydrogens is 154 g/mol. The van der Waals surface area contributed by atoms with Crippen LogP contribution in [0.15, 0.2) is 0 Å². The fourth-order valence-electron chi connectivity index (χ4n) is 0.795. The Kier molecular flexibility index (Phi) is 3.75. The molecule has 0 rings (SSSR count). The molecule has 0 bridgehead atoms. The summed E-state index contributed by atoms with van der Waals surface area (Å²) in [5, 5.41) is 8.75. The van der Waals surface area contributed by atoms with Gasteiger partial charge in [0.1, 0.15) is 0 Å². The van der Waals surface area contributed by atoms with Gasteiger partial charge >= 0.3 is 5.97 Å². The molecule has 0 fully saturated rings. The Labute approximate surface area is 73.3 Å². The molecule has 3 heteroatoms. The van der Waals surface area contributed by atoms with Gasteiger partial charge in [-0.1, -0.05) is 20.8 Å². The highest BCUT2D eigenvalue weighted by molar-refractivity contribution is 5.69. The monoisotopic (exact) mass is 169 g/mol. The Balaban J connectivity index is 4.22. The maximum Gasteiger partial charge on any atom is 0.306 e. The van der Waals surface area contributed by atoms with E-state index in [4.69, 9.17) is 5.26 Å². The van der Waals surface area contributed by atoms with Crippen LogP contribution in [0.4, 0.5) is 0 Å². The van der Waals surface area contributed by atoms with Gasteiger partial charge in [0.05, 0.1) is 25.5 Å². The molecular formula is C9H15NO2. The molecule has 0 heterocycles. The number of hydrogen-bond acceptors (Lipinski definition) is 3. The average molecular weight is 169 g/mol. The highest BCUT2D eigenvalue weighted by atomic mass is 16.5. The van der Waals surface area contributed by atoms with Gasteiger partial charge in [-0.25, -0.2) is 0 Å². The van der Waals surface area contributed by atoms with E-state index in [0.717, 1.165) is 0 Å². The number of nitrogens with zero attached hydrogens (tertiary/aromatic N) is 1. The molecule has 0 saturated carbocycles. The summed E-state index contributed by atoms with van der Waals surface area (Å²) in [7, 11) is 1.33. The summed E-state index contributed by atoms with van der Waals surface area (Å²) in [5.74, 6) is -0.596. The van der Waals surface area contributed by atoms with Crippen molar-refractivity contribution < 1.29 is 9.53 Å². The van der Waals surface area contributed by atoms with E-state index in [1.165, 1.54) is 7.11 Å².